The summed E-state index contributed by atoms with van der Waals surface area (Å²) in [5.74, 6) is 0.781. The smallest absolute Gasteiger partial charge is 0.217 e. The van der Waals surface area contributed by atoms with Crippen molar-refractivity contribution in [1.29, 1.82) is 0 Å². The average molecular weight is 279 g/mol. The lowest BCUT2D eigenvalue weighted by Gasteiger charge is -2.08. The molecule has 96 valence electrons. The molecule has 0 unspecified atom stereocenters. The average Bonchev–Trinajstić information content (AvgIpc) is 2.34. The number of alkyl halides is 1. The maximum atomic E-state index is 11.5. The minimum absolute atomic E-state index is 0.0269. The van der Waals surface area contributed by atoms with Gasteiger partial charge in [-0.3, -0.25) is 0 Å². The Balaban J connectivity index is 2.61. The van der Waals surface area contributed by atoms with Gasteiger partial charge in [-0.25, -0.2) is 18.1 Å². The van der Waals surface area contributed by atoms with Crippen LogP contribution in [0.25, 0.3) is 0 Å². The molecular formula is C10H15ClN2O3S. The van der Waals surface area contributed by atoms with Crippen LogP contribution in [-0.2, 0) is 16.6 Å². The first-order valence-corrected chi connectivity index (χ1v) is 7.29. The molecular weight excluding hydrogens is 264 g/mol. The van der Waals surface area contributed by atoms with Crippen LogP contribution in [0.1, 0.15) is 12.0 Å². The largest absolute Gasteiger partial charge is 0.481 e. The van der Waals surface area contributed by atoms with Gasteiger partial charge in [-0.15, -0.1) is 11.6 Å². The van der Waals surface area contributed by atoms with Gasteiger partial charge in [0.05, 0.1) is 12.9 Å². The number of ether oxygens (including phenoxy) is 1. The monoisotopic (exact) mass is 278 g/mol. The fourth-order valence-corrected chi connectivity index (χ4v) is 2.58. The van der Waals surface area contributed by atoms with Crippen LogP contribution in [0.2, 0.25) is 0 Å². The van der Waals surface area contributed by atoms with Crippen LogP contribution >= 0.6 is 11.6 Å². The third kappa shape index (κ3) is 4.89. The van der Waals surface area contributed by atoms with Crippen molar-refractivity contribution in [2.24, 2.45) is 0 Å². The van der Waals surface area contributed by atoms with E-state index in [2.05, 4.69) is 9.71 Å². The molecule has 1 rings (SSSR count). The molecule has 1 aromatic heterocycles. The number of halogens is 1. The summed E-state index contributed by atoms with van der Waals surface area (Å²) in [7, 11) is -1.79. The maximum Gasteiger partial charge on any atom is 0.217 e. The molecule has 0 saturated carbocycles. The Labute approximate surface area is 106 Å². The fourth-order valence-electron chi connectivity index (χ4n) is 1.25. The highest BCUT2D eigenvalue weighted by molar-refractivity contribution is 7.89. The molecule has 0 radical (unpaired) electrons. The van der Waals surface area contributed by atoms with Crippen LogP contribution in [0, 0.1) is 0 Å². The van der Waals surface area contributed by atoms with Crippen LogP contribution in [0.3, 0.4) is 0 Å². The van der Waals surface area contributed by atoms with Gasteiger partial charge in [-0.1, -0.05) is 6.07 Å². The number of nitrogens with one attached hydrogen (secondary N) is 1. The lowest BCUT2D eigenvalue weighted by Crippen LogP contribution is -2.26. The van der Waals surface area contributed by atoms with Crippen molar-refractivity contribution < 1.29 is 13.2 Å². The Hall–Kier alpha value is -0.850. The first kappa shape index (κ1) is 14.2. The predicted molar refractivity (Wildman–Crippen MR) is 66.8 cm³/mol. The van der Waals surface area contributed by atoms with Crippen LogP contribution in [0.5, 0.6) is 5.88 Å². The molecule has 0 aliphatic heterocycles. The standard InChI is InChI=1S/C10H15ClN2O3S/c1-16-10-9(4-2-6-12-10)8-13-17(14,15)7-3-5-11/h2,4,6,13H,3,5,7-8H2,1H3. The van der Waals surface area contributed by atoms with E-state index in [4.69, 9.17) is 16.3 Å². The van der Waals surface area contributed by atoms with Crippen molar-refractivity contribution >= 4 is 21.6 Å². The molecule has 0 aromatic carbocycles. The molecule has 0 saturated heterocycles. The van der Waals surface area contributed by atoms with Crippen LogP contribution in [0.15, 0.2) is 18.3 Å². The predicted octanol–water partition coefficient (Wildman–Crippen LogP) is 1.14. The second-order valence-corrected chi connectivity index (χ2v) is 5.66. The molecule has 0 spiro atoms. The van der Waals surface area contributed by atoms with Gasteiger partial charge in [-0.2, -0.15) is 0 Å². The van der Waals surface area contributed by atoms with Crippen molar-refractivity contribution in [1.82, 2.24) is 9.71 Å². The van der Waals surface area contributed by atoms with E-state index in [1.165, 1.54) is 7.11 Å². The van der Waals surface area contributed by atoms with E-state index < -0.39 is 10.0 Å². The quantitative estimate of drug-likeness (QED) is 0.760. The van der Waals surface area contributed by atoms with Gasteiger partial charge in [0.25, 0.3) is 0 Å². The van der Waals surface area contributed by atoms with Crippen molar-refractivity contribution in [3.63, 3.8) is 0 Å². The summed E-state index contributed by atoms with van der Waals surface area (Å²) in [6.45, 7) is 0.168. The minimum atomic E-state index is -3.28. The van der Waals surface area contributed by atoms with Crippen LogP contribution < -0.4 is 9.46 Å². The van der Waals surface area contributed by atoms with E-state index in [1.807, 2.05) is 0 Å². The molecule has 5 nitrogen and oxygen atoms in total. The summed E-state index contributed by atoms with van der Waals surface area (Å²) >= 11 is 5.45. The second-order valence-electron chi connectivity index (χ2n) is 3.35. The molecule has 0 atom stereocenters. The molecule has 1 heterocycles. The van der Waals surface area contributed by atoms with E-state index in [0.29, 0.717) is 23.7 Å². The number of hydrogen-bond acceptors (Lipinski definition) is 4. The number of pyridine rings is 1. The summed E-state index contributed by atoms with van der Waals surface area (Å²) in [5, 5.41) is 0. The molecule has 17 heavy (non-hydrogen) atoms. The molecule has 0 amide bonds. The molecule has 0 aliphatic rings. The maximum absolute atomic E-state index is 11.5. The molecule has 0 fully saturated rings. The van der Waals surface area contributed by atoms with Gasteiger partial charge in [0.15, 0.2) is 0 Å². The summed E-state index contributed by atoms with van der Waals surface area (Å²) in [6, 6.07) is 3.49. The van der Waals surface area contributed by atoms with Crippen molar-refractivity contribution in [2.75, 3.05) is 18.7 Å². The zero-order valence-corrected chi connectivity index (χ0v) is 11.1. The van der Waals surface area contributed by atoms with E-state index in [9.17, 15) is 8.42 Å². The molecule has 1 aromatic rings. The first-order chi connectivity index (χ1) is 8.09. The van der Waals surface area contributed by atoms with Crippen molar-refractivity contribution in [3.8, 4) is 5.88 Å². The third-order valence-electron chi connectivity index (χ3n) is 2.07. The number of hydrogen-bond donors (Lipinski definition) is 1. The first-order valence-electron chi connectivity index (χ1n) is 5.10. The Morgan fingerprint density at radius 1 is 1.53 bits per heavy atom. The van der Waals surface area contributed by atoms with Gasteiger partial charge in [0, 0.05) is 24.2 Å². The van der Waals surface area contributed by atoms with E-state index in [1.54, 1.807) is 18.3 Å². The lowest BCUT2D eigenvalue weighted by atomic mass is 10.3. The topological polar surface area (TPSA) is 68.3 Å². The Kier molecular flexibility index (Phi) is 5.67. The molecule has 0 aliphatic carbocycles. The highest BCUT2D eigenvalue weighted by atomic mass is 35.5. The normalized spacial score (nSPS) is 11.4. The fraction of sp³-hybridized carbons (Fsp3) is 0.500. The van der Waals surface area contributed by atoms with E-state index in [0.717, 1.165) is 0 Å². The molecule has 7 heteroatoms. The summed E-state index contributed by atoms with van der Waals surface area (Å²) in [4.78, 5) is 3.98. The van der Waals surface area contributed by atoms with Crippen LogP contribution in [0.4, 0.5) is 0 Å². The lowest BCUT2D eigenvalue weighted by molar-refractivity contribution is 0.392. The highest BCUT2D eigenvalue weighted by Crippen LogP contribution is 2.13. The Morgan fingerprint density at radius 3 is 2.94 bits per heavy atom. The van der Waals surface area contributed by atoms with Gasteiger partial charge < -0.3 is 4.74 Å². The summed E-state index contributed by atoms with van der Waals surface area (Å²) in [6.07, 6.45) is 2.02. The Bertz CT molecular complexity index is 451. The summed E-state index contributed by atoms with van der Waals surface area (Å²) in [5.41, 5.74) is 0.699. The zero-order valence-electron chi connectivity index (χ0n) is 9.52. The van der Waals surface area contributed by atoms with E-state index in [-0.39, 0.29) is 12.3 Å². The number of rotatable bonds is 7. The van der Waals surface area contributed by atoms with Gasteiger partial charge >= 0.3 is 0 Å². The molecule has 1 N–H and O–H groups in total. The third-order valence-corrected chi connectivity index (χ3v) is 3.75. The number of sulfonamides is 1. The van der Waals surface area contributed by atoms with Gasteiger partial charge in [0.2, 0.25) is 15.9 Å². The minimum Gasteiger partial charge on any atom is -0.481 e. The second kappa shape index (κ2) is 6.78. The van der Waals surface area contributed by atoms with E-state index >= 15 is 0 Å². The Morgan fingerprint density at radius 2 is 2.29 bits per heavy atom. The number of nitrogens with zero attached hydrogens (tertiary/aromatic N) is 1. The zero-order chi connectivity index (χ0) is 12.7. The number of aromatic nitrogens is 1. The summed E-state index contributed by atoms with van der Waals surface area (Å²) < 4.78 is 30.6. The van der Waals surface area contributed by atoms with Crippen molar-refractivity contribution in [2.45, 2.75) is 13.0 Å². The van der Waals surface area contributed by atoms with Gasteiger partial charge in [-0.05, 0) is 12.5 Å². The van der Waals surface area contributed by atoms with Crippen molar-refractivity contribution in [3.05, 3.63) is 23.9 Å². The highest BCUT2D eigenvalue weighted by Gasteiger charge is 2.11. The van der Waals surface area contributed by atoms with Gasteiger partial charge in [0.1, 0.15) is 0 Å². The number of methoxy groups -OCH3 is 1. The SMILES string of the molecule is COc1ncccc1CNS(=O)(=O)CCCCl. The molecule has 0 bridgehead atoms. The van der Waals surface area contributed by atoms with Crippen LogP contribution in [-0.4, -0.2) is 32.1 Å².